The van der Waals surface area contributed by atoms with Gasteiger partial charge in [-0.1, -0.05) is 32.6 Å². The summed E-state index contributed by atoms with van der Waals surface area (Å²) >= 11 is 0. The van der Waals surface area contributed by atoms with Gasteiger partial charge < -0.3 is 10.2 Å². The van der Waals surface area contributed by atoms with Gasteiger partial charge in [0.05, 0.1) is 5.92 Å². The Balaban J connectivity index is 1.79. The summed E-state index contributed by atoms with van der Waals surface area (Å²) < 4.78 is 0. The lowest BCUT2D eigenvalue weighted by atomic mass is 9.93. The number of piperidine rings is 1. The molecule has 2 rings (SSSR count). The van der Waals surface area contributed by atoms with Gasteiger partial charge in [0, 0.05) is 25.6 Å². The monoisotopic (exact) mass is 294 g/mol. The van der Waals surface area contributed by atoms with Crippen molar-refractivity contribution in [3.63, 3.8) is 0 Å². The van der Waals surface area contributed by atoms with Crippen molar-refractivity contribution < 1.29 is 9.59 Å². The number of hydrogen-bond acceptors (Lipinski definition) is 2. The Morgan fingerprint density at radius 2 is 1.86 bits per heavy atom. The van der Waals surface area contributed by atoms with E-state index in [0.29, 0.717) is 19.0 Å². The van der Waals surface area contributed by atoms with Gasteiger partial charge in [0.25, 0.3) is 0 Å². The molecule has 21 heavy (non-hydrogen) atoms. The molecule has 1 saturated heterocycles. The molecule has 1 aliphatic carbocycles. The molecule has 4 nitrogen and oxygen atoms in total. The summed E-state index contributed by atoms with van der Waals surface area (Å²) in [6.07, 6.45) is 10.5. The predicted molar refractivity (Wildman–Crippen MR) is 83.8 cm³/mol. The molecular weight excluding hydrogens is 264 g/mol. The van der Waals surface area contributed by atoms with Gasteiger partial charge in [-0.25, -0.2) is 0 Å². The smallest absolute Gasteiger partial charge is 0.225 e. The second-order valence-electron chi connectivity index (χ2n) is 6.63. The Morgan fingerprint density at radius 1 is 1.10 bits per heavy atom. The van der Waals surface area contributed by atoms with Crippen molar-refractivity contribution in [1.29, 1.82) is 0 Å². The molecule has 2 fully saturated rings. The fraction of sp³-hybridized carbons (Fsp3) is 0.882. The maximum atomic E-state index is 12.4. The zero-order chi connectivity index (χ0) is 15.1. The summed E-state index contributed by atoms with van der Waals surface area (Å²) in [6.45, 7) is 3.56. The van der Waals surface area contributed by atoms with E-state index in [-0.39, 0.29) is 17.7 Å². The summed E-state index contributed by atoms with van der Waals surface area (Å²) in [5, 5.41) is 3.21. The molecule has 1 aliphatic heterocycles. The van der Waals surface area contributed by atoms with Crippen LogP contribution in [0, 0.1) is 5.92 Å². The Bertz CT molecular complexity index is 351. The van der Waals surface area contributed by atoms with E-state index in [1.54, 1.807) is 0 Å². The highest BCUT2D eigenvalue weighted by Crippen LogP contribution is 2.21. The van der Waals surface area contributed by atoms with Gasteiger partial charge in [-0.3, -0.25) is 9.59 Å². The van der Waals surface area contributed by atoms with E-state index in [4.69, 9.17) is 0 Å². The van der Waals surface area contributed by atoms with Crippen molar-refractivity contribution in [2.24, 2.45) is 5.92 Å². The van der Waals surface area contributed by atoms with Crippen LogP contribution in [-0.2, 0) is 9.59 Å². The first kappa shape index (κ1) is 16.3. The van der Waals surface area contributed by atoms with E-state index in [0.717, 1.165) is 45.1 Å². The quantitative estimate of drug-likeness (QED) is 0.847. The third-order valence-corrected chi connectivity index (χ3v) is 4.84. The summed E-state index contributed by atoms with van der Waals surface area (Å²) in [5.74, 6) is 0.410. The zero-order valence-electron chi connectivity index (χ0n) is 13.4. The average Bonchev–Trinajstić information content (AvgIpc) is 2.53. The molecule has 2 amide bonds. The SMILES string of the molecule is CCCCC(=O)N1CCCC(C(=O)NC2CCCCC2)C1. The number of rotatable bonds is 5. The Labute approximate surface area is 128 Å². The molecule has 1 N–H and O–H groups in total. The maximum Gasteiger partial charge on any atom is 0.225 e. The van der Waals surface area contributed by atoms with Gasteiger partial charge in [0.15, 0.2) is 0 Å². The third-order valence-electron chi connectivity index (χ3n) is 4.84. The lowest BCUT2D eigenvalue weighted by Crippen LogP contribution is -2.47. The van der Waals surface area contributed by atoms with Crippen LogP contribution in [0.3, 0.4) is 0 Å². The van der Waals surface area contributed by atoms with Crippen LogP contribution in [0.5, 0.6) is 0 Å². The summed E-state index contributed by atoms with van der Waals surface area (Å²) in [5.41, 5.74) is 0. The van der Waals surface area contributed by atoms with Crippen molar-refractivity contribution in [2.75, 3.05) is 13.1 Å². The molecule has 0 bridgehead atoms. The van der Waals surface area contributed by atoms with Crippen molar-refractivity contribution >= 4 is 11.8 Å². The number of carbonyl (C=O) groups excluding carboxylic acids is 2. The molecule has 0 aromatic carbocycles. The molecule has 1 heterocycles. The molecule has 0 radical (unpaired) electrons. The van der Waals surface area contributed by atoms with Crippen molar-refractivity contribution in [2.45, 2.75) is 77.2 Å². The normalized spacial score (nSPS) is 23.9. The maximum absolute atomic E-state index is 12.4. The molecule has 2 aliphatic rings. The number of likely N-dealkylation sites (tertiary alicyclic amines) is 1. The van der Waals surface area contributed by atoms with Crippen molar-refractivity contribution in [3.8, 4) is 0 Å². The summed E-state index contributed by atoms with van der Waals surface area (Å²) in [6, 6.07) is 0.373. The topological polar surface area (TPSA) is 49.4 Å². The van der Waals surface area contributed by atoms with E-state index < -0.39 is 0 Å². The fourth-order valence-corrected chi connectivity index (χ4v) is 3.47. The molecule has 1 unspecified atom stereocenters. The number of nitrogens with zero attached hydrogens (tertiary/aromatic N) is 1. The lowest BCUT2D eigenvalue weighted by Gasteiger charge is -2.33. The van der Waals surface area contributed by atoms with Gasteiger partial charge in [-0.2, -0.15) is 0 Å². The number of unbranched alkanes of at least 4 members (excludes halogenated alkanes) is 1. The van der Waals surface area contributed by atoms with Crippen molar-refractivity contribution in [1.82, 2.24) is 10.2 Å². The Hall–Kier alpha value is -1.06. The predicted octanol–water partition coefficient (Wildman–Crippen LogP) is 2.86. The Kier molecular flexibility index (Phi) is 6.52. The Morgan fingerprint density at radius 3 is 2.57 bits per heavy atom. The fourth-order valence-electron chi connectivity index (χ4n) is 3.47. The second-order valence-corrected chi connectivity index (χ2v) is 6.63. The average molecular weight is 294 g/mol. The van der Waals surface area contributed by atoms with Gasteiger partial charge in [-0.15, -0.1) is 0 Å². The van der Waals surface area contributed by atoms with E-state index in [1.807, 2.05) is 4.90 Å². The highest BCUT2D eigenvalue weighted by Gasteiger charge is 2.29. The van der Waals surface area contributed by atoms with Crippen LogP contribution in [0.2, 0.25) is 0 Å². The number of carbonyl (C=O) groups is 2. The number of amides is 2. The largest absolute Gasteiger partial charge is 0.353 e. The van der Waals surface area contributed by atoms with Crippen LogP contribution >= 0.6 is 0 Å². The molecule has 1 atom stereocenters. The summed E-state index contributed by atoms with van der Waals surface area (Å²) in [4.78, 5) is 26.4. The van der Waals surface area contributed by atoms with Gasteiger partial charge in [-0.05, 0) is 32.1 Å². The highest BCUT2D eigenvalue weighted by molar-refractivity contribution is 5.81. The van der Waals surface area contributed by atoms with Gasteiger partial charge >= 0.3 is 0 Å². The van der Waals surface area contributed by atoms with Crippen LogP contribution in [0.15, 0.2) is 0 Å². The number of nitrogens with one attached hydrogen (secondary N) is 1. The van der Waals surface area contributed by atoms with Gasteiger partial charge in [0.1, 0.15) is 0 Å². The summed E-state index contributed by atoms with van der Waals surface area (Å²) in [7, 11) is 0. The van der Waals surface area contributed by atoms with Crippen LogP contribution in [-0.4, -0.2) is 35.8 Å². The highest BCUT2D eigenvalue weighted by atomic mass is 16.2. The molecular formula is C17H30N2O2. The third kappa shape index (κ3) is 5.01. The first-order chi connectivity index (χ1) is 10.2. The van der Waals surface area contributed by atoms with E-state index >= 15 is 0 Å². The van der Waals surface area contributed by atoms with Crippen LogP contribution in [0.1, 0.15) is 71.1 Å². The minimum Gasteiger partial charge on any atom is -0.353 e. The molecule has 0 spiro atoms. The molecule has 0 aromatic rings. The van der Waals surface area contributed by atoms with Gasteiger partial charge in [0.2, 0.25) is 11.8 Å². The van der Waals surface area contributed by atoms with E-state index in [1.165, 1.54) is 19.3 Å². The second kappa shape index (κ2) is 8.40. The van der Waals surface area contributed by atoms with Crippen LogP contribution in [0.4, 0.5) is 0 Å². The molecule has 4 heteroatoms. The minimum absolute atomic E-state index is 0.00579. The number of hydrogen-bond donors (Lipinski definition) is 1. The van der Waals surface area contributed by atoms with Crippen LogP contribution < -0.4 is 5.32 Å². The van der Waals surface area contributed by atoms with Crippen LogP contribution in [0.25, 0.3) is 0 Å². The first-order valence-corrected chi connectivity index (χ1v) is 8.79. The van der Waals surface area contributed by atoms with E-state index in [9.17, 15) is 9.59 Å². The minimum atomic E-state index is 0.00579. The zero-order valence-corrected chi connectivity index (χ0v) is 13.4. The standard InChI is InChI=1S/C17H30N2O2/c1-2-3-11-16(20)19-12-7-8-14(13-19)17(21)18-15-9-5-4-6-10-15/h14-15H,2-13H2,1H3,(H,18,21). The molecule has 120 valence electrons. The molecule has 0 aromatic heterocycles. The van der Waals surface area contributed by atoms with Crippen molar-refractivity contribution in [3.05, 3.63) is 0 Å². The van der Waals surface area contributed by atoms with E-state index in [2.05, 4.69) is 12.2 Å². The first-order valence-electron chi connectivity index (χ1n) is 8.79. The lowest BCUT2D eigenvalue weighted by molar-refractivity contribution is -0.136. The molecule has 1 saturated carbocycles.